The third-order valence-corrected chi connectivity index (χ3v) is 4.50. The zero-order valence-corrected chi connectivity index (χ0v) is 14.3. The molecule has 24 heavy (non-hydrogen) atoms. The van der Waals surface area contributed by atoms with Gasteiger partial charge in [-0.25, -0.2) is 9.97 Å². The topological polar surface area (TPSA) is 75.4 Å². The van der Waals surface area contributed by atoms with E-state index in [1.54, 1.807) is 6.20 Å². The van der Waals surface area contributed by atoms with Crippen LogP contribution < -0.4 is 5.32 Å². The van der Waals surface area contributed by atoms with Crippen molar-refractivity contribution in [2.45, 2.75) is 32.4 Å². The molecule has 2 N–H and O–H groups in total. The van der Waals surface area contributed by atoms with Gasteiger partial charge in [-0.1, -0.05) is 0 Å². The van der Waals surface area contributed by atoms with Gasteiger partial charge in [-0.3, -0.25) is 4.57 Å². The summed E-state index contributed by atoms with van der Waals surface area (Å²) < 4.78 is 7.62. The van der Waals surface area contributed by atoms with Crippen molar-refractivity contribution >= 4 is 17.1 Å². The summed E-state index contributed by atoms with van der Waals surface area (Å²) in [4.78, 5) is 11.5. The average Bonchev–Trinajstić information content (AvgIpc) is 2.95. The molecule has 0 unspecified atom stereocenters. The number of piperidine rings is 1. The van der Waals surface area contributed by atoms with Gasteiger partial charge < -0.3 is 20.1 Å². The standard InChI is InChI=1S/C17H27N5O2/c1-2-24-13-11-22-16-15(4-3-7-18-16)20-17(22)19-14-5-8-21(9-6-14)10-12-23/h3-4,7,14,23H,2,5-6,8-13H2,1H3,(H,19,20). The van der Waals surface area contributed by atoms with Gasteiger partial charge in [0.1, 0.15) is 5.52 Å². The van der Waals surface area contributed by atoms with Crippen molar-refractivity contribution in [1.29, 1.82) is 0 Å². The summed E-state index contributed by atoms with van der Waals surface area (Å²) in [5.74, 6) is 0.879. The van der Waals surface area contributed by atoms with E-state index in [1.165, 1.54) is 0 Å². The Morgan fingerprint density at radius 3 is 2.92 bits per heavy atom. The molecule has 1 aliphatic heterocycles. The number of aromatic nitrogens is 3. The molecule has 1 saturated heterocycles. The number of hydrogen-bond acceptors (Lipinski definition) is 6. The molecule has 0 aromatic carbocycles. The molecule has 7 heteroatoms. The number of hydrogen-bond donors (Lipinski definition) is 2. The maximum atomic E-state index is 9.05. The van der Waals surface area contributed by atoms with E-state index in [-0.39, 0.29) is 6.61 Å². The lowest BCUT2D eigenvalue weighted by molar-refractivity contribution is 0.140. The summed E-state index contributed by atoms with van der Waals surface area (Å²) in [6, 6.07) is 4.32. The maximum Gasteiger partial charge on any atom is 0.205 e. The minimum Gasteiger partial charge on any atom is -0.395 e. The van der Waals surface area contributed by atoms with Crippen molar-refractivity contribution in [1.82, 2.24) is 19.4 Å². The second-order valence-electron chi connectivity index (χ2n) is 6.11. The van der Waals surface area contributed by atoms with Crippen molar-refractivity contribution < 1.29 is 9.84 Å². The highest BCUT2D eigenvalue weighted by molar-refractivity contribution is 5.74. The fourth-order valence-corrected chi connectivity index (χ4v) is 3.21. The van der Waals surface area contributed by atoms with Crippen LogP contribution in [0.1, 0.15) is 19.8 Å². The monoisotopic (exact) mass is 333 g/mol. The lowest BCUT2D eigenvalue weighted by Gasteiger charge is -2.32. The van der Waals surface area contributed by atoms with Crippen LogP contribution in [0, 0.1) is 0 Å². The second-order valence-corrected chi connectivity index (χ2v) is 6.11. The number of pyridine rings is 1. The zero-order valence-electron chi connectivity index (χ0n) is 14.3. The number of nitrogens with one attached hydrogen (secondary N) is 1. The van der Waals surface area contributed by atoms with E-state index in [4.69, 9.17) is 14.8 Å². The number of aliphatic hydroxyl groups excluding tert-OH is 1. The van der Waals surface area contributed by atoms with Gasteiger partial charge in [0.25, 0.3) is 0 Å². The molecule has 132 valence electrons. The normalized spacial score (nSPS) is 16.8. The summed E-state index contributed by atoms with van der Waals surface area (Å²) in [5, 5.41) is 12.6. The van der Waals surface area contributed by atoms with Crippen LogP contribution in [0.3, 0.4) is 0 Å². The van der Waals surface area contributed by atoms with Crippen LogP contribution in [0.5, 0.6) is 0 Å². The first kappa shape index (κ1) is 17.1. The molecule has 1 fully saturated rings. The van der Waals surface area contributed by atoms with Gasteiger partial charge in [-0.15, -0.1) is 0 Å². The minimum absolute atomic E-state index is 0.233. The molecular formula is C17H27N5O2. The number of imidazole rings is 1. The number of β-amino-alcohol motifs (C(OH)–C–C–N with tert-alkyl or cyclic N) is 1. The Kier molecular flexibility index (Phi) is 6.01. The third kappa shape index (κ3) is 4.03. The Hall–Kier alpha value is -1.70. The molecule has 0 saturated carbocycles. The molecule has 0 spiro atoms. The quantitative estimate of drug-likeness (QED) is 0.710. The third-order valence-electron chi connectivity index (χ3n) is 4.50. The number of anilines is 1. The molecule has 2 aromatic heterocycles. The fourth-order valence-electron chi connectivity index (χ4n) is 3.21. The van der Waals surface area contributed by atoms with Crippen LogP contribution in [-0.4, -0.2) is 70.0 Å². The number of ether oxygens (including phenoxy) is 1. The Balaban J connectivity index is 1.70. The zero-order chi connectivity index (χ0) is 16.8. The molecule has 0 aliphatic carbocycles. The van der Waals surface area contributed by atoms with Crippen molar-refractivity contribution in [3.8, 4) is 0 Å². The lowest BCUT2D eigenvalue weighted by Crippen LogP contribution is -2.40. The van der Waals surface area contributed by atoms with Crippen molar-refractivity contribution in [3.05, 3.63) is 18.3 Å². The van der Waals surface area contributed by atoms with Crippen LogP contribution >= 0.6 is 0 Å². The number of likely N-dealkylation sites (tertiary alicyclic amines) is 1. The number of nitrogens with zero attached hydrogens (tertiary/aromatic N) is 4. The van der Waals surface area contributed by atoms with Crippen molar-refractivity contribution in [3.63, 3.8) is 0 Å². The van der Waals surface area contributed by atoms with Gasteiger partial charge in [0.2, 0.25) is 5.95 Å². The average molecular weight is 333 g/mol. The van der Waals surface area contributed by atoms with Gasteiger partial charge in [-0.2, -0.15) is 0 Å². The molecule has 3 rings (SSSR count). The van der Waals surface area contributed by atoms with Crippen LogP contribution in [0.15, 0.2) is 18.3 Å². The fraction of sp³-hybridized carbons (Fsp3) is 0.647. The Morgan fingerprint density at radius 2 is 2.17 bits per heavy atom. The van der Waals surface area contributed by atoms with Gasteiger partial charge >= 0.3 is 0 Å². The number of rotatable bonds is 8. The molecule has 0 bridgehead atoms. The first-order valence-corrected chi connectivity index (χ1v) is 8.80. The van der Waals surface area contributed by atoms with E-state index in [0.717, 1.165) is 56.1 Å². The second kappa shape index (κ2) is 8.41. The molecular weight excluding hydrogens is 306 g/mol. The first-order chi connectivity index (χ1) is 11.8. The Bertz CT molecular complexity index is 637. The van der Waals surface area contributed by atoms with Crippen LogP contribution in [0.2, 0.25) is 0 Å². The van der Waals surface area contributed by atoms with Crippen LogP contribution in [-0.2, 0) is 11.3 Å². The molecule has 0 atom stereocenters. The van der Waals surface area contributed by atoms with E-state index in [9.17, 15) is 0 Å². The van der Waals surface area contributed by atoms with E-state index >= 15 is 0 Å². The number of aliphatic hydroxyl groups is 1. The van der Waals surface area contributed by atoms with Crippen molar-refractivity contribution in [2.24, 2.45) is 0 Å². The highest BCUT2D eigenvalue weighted by Gasteiger charge is 2.21. The van der Waals surface area contributed by atoms with Crippen LogP contribution in [0.4, 0.5) is 5.95 Å². The van der Waals surface area contributed by atoms with E-state index in [1.807, 2.05) is 19.1 Å². The molecule has 1 aliphatic rings. The van der Waals surface area contributed by atoms with Gasteiger partial charge in [0, 0.05) is 38.5 Å². The Labute approximate surface area is 142 Å². The highest BCUT2D eigenvalue weighted by atomic mass is 16.5. The number of fused-ring (bicyclic) bond motifs is 1. The summed E-state index contributed by atoms with van der Waals surface area (Å²) >= 11 is 0. The van der Waals surface area contributed by atoms with E-state index in [2.05, 4.69) is 19.8 Å². The smallest absolute Gasteiger partial charge is 0.205 e. The van der Waals surface area contributed by atoms with E-state index < -0.39 is 0 Å². The molecule has 0 radical (unpaired) electrons. The summed E-state index contributed by atoms with van der Waals surface area (Å²) in [6.07, 6.45) is 3.92. The first-order valence-electron chi connectivity index (χ1n) is 8.80. The van der Waals surface area contributed by atoms with Gasteiger partial charge in [0.15, 0.2) is 5.65 Å². The predicted octanol–water partition coefficient (Wildman–Crippen LogP) is 1.34. The summed E-state index contributed by atoms with van der Waals surface area (Å²) in [7, 11) is 0. The molecule has 3 heterocycles. The maximum absolute atomic E-state index is 9.05. The van der Waals surface area contributed by atoms with Crippen LogP contribution in [0.25, 0.3) is 11.2 Å². The summed E-state index contributed by atoms with van der Waals surface area (Å²) in [6.45, 7) is 7.14. The lowest BCUT2D eigenvalue weighted by atomic mass is 10.1. The largest absolute Gasteiger partial charge is 0.395 e. The van der Waals surface area contributed by atoms with Gasteiger partial charge in [-0.05, 0) is 31.9 Å². The van der Waals surface area contributed by atoms with Crippen molar-refractivity contribution in [2.75, 3.05) is 44.8 Å². The van der Waals surface area contributed by atoms with Gasteiger partial charge in [0.05, 0.1) is 19.8 Å². The minimum atomic E-state index is 0.233. The SMILES string of the molecule is CCOCCn1c(NC2CCN(CCO)CC2)nc2cccnc21. The summed E-state index contributed by atoms with van der Waals surface area (Å²) in [5.41, 5.74) is 1.81. The molecule has 0 amide bonds. The van der Waals surface area contributed by atoms with E-state index in [0.29, 0.717) is 19.3 Å². The highest BCUT2D eigenvalue weighted by Crippen LogP contribution is 2.21. The molecule has 7 nitrogen and oxygen atoms in total. The Morgan fingerprint density at radius 1 is 1.33 bits per heavy atom. The predicted molar refractivity (Wildman–Crippen MR) is 94.2 cm³/mol. The molecule has 2 aromatic rings.